The lowest BCUT2D eigenvalue weighted by Crippen LogP contribution is -2.22. The SMILES string of the molecule is Cc1c(OC(F)(F)F)c(CCl)c[nH]c1=O. The predicted octanol–water partition coefficient (Wildman–Crippen LogP) is 2.32. The van der Waals surface area contributed by atoms with E-state index < -0.39 is 17.7 Å². The number of ether oxygens (including phenoxy) is 1. The maximum Gasteiger partial charge on any atom is 0.573 e. The van der Waals surface area contributed by atoms with E-state index in [0.29, 0.717) is 0 Å². The number of H-pyrrole nitrogens is 1. The maximum atomic E-state index is 12.0. The molecule has 0 aliphatic rings. The smallest absolute Gasteiger partial charge is 0.405 e. The fourth-order valence-electron chi connectivity index (χ4n) is 1.03. The number of halogens is 4. The molecule has 0 aromatic carbocycles. The molecular weight excluding hydrogens is 235 g/mol. The second-order valence-corrected chi connectivity index (χ2v) is 3.05. The summed E-state index contributed by atoms with van der Waals surface area (Å²) in [5.41, 5.74) is -0.695. The Morgan fingerprint density at radius 1 is 1.53 bits per heavy atom. The van der Waals surface area contributed by atoms with Crippen molar-refractivity contribution in [1.82, 2.24) is 4.98 Å². The van der Waals surface area contributed by atoms with Crippen molar-refractivity contribution in [3.63, 3.8) is 0 Å². The molecule has 0 saturated carbocycles. The first kappa shape index (κ1) is 11.9. The molecule has 1 aromatic heterocycles. The van der Waals surface area contributed by atoms with Crippen LogP contribution in [0.2, 0.25) is 0 Å². The lowest BCUT2D eigenvalue weighted by atomic mass is 10.2. The molecule has 0 aliphatic heterocycles. The molecule has 0 bridgehead atoms. The van der Waals surface area contributed by atoms with E-state index in [1.807, 2.05) is 0 Å². The molecule has 1 N–H and O–H groups in total. The Morgan fingerprint density at radius 2 is 2.13 bits per heavy atom. The molecule has 0 aliphatic carbocycles. The first-order valence-corrected chi connectivity index (χ1v) is 4.41. The molecule has 0 amide bonds. The van der Waals surface area contributed by atoms with Crippen molar-refractivity contribution in [1.29, 1.82) is 0 Å². The number of aromatic nitrogens is 1. The average Bonchev–Trinajstić information content (AvgIpc) is 2.11. The highest BCUT2D eigenvalue weighted by atomic mass is 35.5. The number of nitrogens with one attached hydrogen (secondary N) is 1. The number of hydrogen-bond donors (Lipinski definition) is 1. The van der Waals surface area contributed by atoms with E-state index in [-0.39, 0.29) is 17.0 Å². The van der Waals surface area contributed by atoms with Crippen molar-refractivity contribution >= 4 is 11.6 Å². The van der Waals surface area contributed by atoms with Crippen LogP contribution in [0.15, 0.2) is 11.0 Å². The third kappa shape index (κ3) is 2.89. The summed E-state index contributed by atoms with van der Waals surface area (Å²) >= 11 is 5.42. The van der Waals surface area contributed by atoms with Crippen LogP contribution < -0.4 is 10.3 Å². The number of pyridine rings is 1. The summed E-state index contributed by atoms with van der Waals surface area (Å²) in [6.45, 7) is 1.23. The summed E-state index contributed by atoms with van der Waals surface area (Å²) in [6, 6.07) is 0. The third-order valence-electron chi connectivity index (χ3n) is 1.71. The molecule has 0 radical (unpaired) electrons. The Bertz CT molecular complexity index is 413. The van der Waals surface area contributed by atoms with Crippen LogP contribution >= 0.6 is 11.6 Å². The number of aromatic amines is 1. The zero-order valence-electron chi connectivity index (χ0n) is 7.61. The van der Waals surface area contributed by atoms with Gasteiger partial charge in [0.2, 0.25) is 0 Å². The molecule has 1 aromatic rings. The van der Waals surface area contributed by atoms with Crippen LogP contribution in [0, 0.1) is 6.92 Å². The van der Waals surface area contributed by atoms with Gasteiger partial charge < -0.3 is 9.72 Å². The molecule has 0 atom stereocenters. The van der Waals surface area contributed by atoms with Crippen LogP contribution in [0.3, 0.4) is 0 Å². The van der Waals surface area contributed by atoms with Crippen LogP contribution in [0.25, 0.3) is 0 Å². The summed E-state index contributed by atoms with van der Waals surface area (Å²) in [4.78, 5) is 13.3. The summed E-state index contributed by atoms with van der Waals surface area (Å²) in [5.74, 6) is -0.704. The monoisotopic (exact) mass is 241 g/mol. The second kappa shape index (κ2) is 4.14. The Labute approximate surface area is 87.8 Å². The topological polar surface area (TPSA) is 42.1 Å². The van der Waals surface area contributed by atoms with E-state index in [4.69, 9.17) is 11.6 Å². The van der Waals surface area contributed by atoms with E-state index in [0.717, 1.165) is 6.20 Å². The van der Waals surface area contributed by atoms with E-state index >= 15 is 0 Å². The second-order valence-electron chi connectivity index (χ2n) is 2.78. The van der Waals surface area contributed by atoms with Crippen LogP contribution in [0.5, 0.6) is 5.75 Å². The highest BCUT2D eigenvalue weighted by Crippen LogP contribution is 2.28. The Hall–Kier alpha value is -1.17. The molecule has 0 spiro atoms. The van der Waals surface area contributed by atoms with Crippen LogP contribution in [0.4, 0.5) is 13.2 Å². The average molecular weight is 242 g/mol. The summed E-state index contributed by atoms with van der Waals surface area (Å²) in [7, 11) is 0. The zero-order chi connectivity index (χ0) is 11.6. The molecule has 0 fully saturated rings. The maximum absolute atomic E-state index is 12.0. The Kier molecular flexibility index (Phi) is 3.28. The van der Waals surface area contributed by atoms with Crippen LogP contribution in [-0.2, 0) is 5.88 Å². The molecule has 0 unspecified atom stereocenters. The summed E-state index contributed by atoms with van der Waals surface area (Å²) < 4.78 is 39.7. The van der Waals surface area contributed by atoms with Gasteiger partial charge in [-0.05, 0) is 6.92 Å². The van der Waals surface area contributed by atoms with E-state index in [1.165, 1.54) is 6.92 Å². The highest BCUT2D eigenvalue weighted by Gasteiger charge is 2.33. The third-order valence-corrected chi connectivity index (χ3v) is 2.00. The van der Waals surface area contributed by atoms with E-state index in [9.17, 15) is 18.0 Å². The number of alkyl halides is 4. The van der Waals surface area contributed by atoms with Crippen molar-refractivity contribution in [2.75, 3.05) is 0 Å². The molecule has 0 saturated heterocycles. The van der Waals surface area contributed by atoms with E-state index in [2.05, 4.69) is 9.72 Å². The number of rotatable bonds is 2. The van der Waals surface area contributed by atoms with Gasteiger partial charge in [-0.15, -0.1) is 24.8 Å². The van der Waals surface area contributed by atoms with Crippen molar-refractivity contribution in [2.45, 2.75) is 19.2 Å². The minimum atomic E-state index is -4.83. The van der Waals surface area contributed by atoms with Gasteiger partial charge in [-0.25, -0.2) is 0 Å². The van der Waals surface area contributed by atoms with Gasteiger partial charge in [-0.2, -0.15) is 0 Å². The Morgan fingerprint density at radius 3 is 2.60 bits per heavy atom. The van der Waals surface area contributed by atoms with Gasteiger partial charge in [0, 0.05) is 11.8 Å². The minimum Gasteiger partial charge on any atom is -0.405 e. The lowest BCUT2D eigenvalue weighted by Gasteiger charge is -2.13. The first-order chi connectivity index (χ1) is 6.85. The summed E-state index contributed by atoms with van der Waals surface area (Å²) in [6.07, 6.45) is -3.73. The van der Waals surface area contributed by atoms with Gasteiger partial charge in [-0.3, -0.25) is 4.79 Å². The van der Waals surface area contributed by atoms with Crippen LogP contribution in [-0.4, -0.2) is 11.3 Å². The molecule has 15 heavy (non-hydrogen) atoms. The number of hydrogen-bond acceptors (Lipinski definition) is 2. The molecule has 7 heteroatoms. The highest BCUT2D eigenvalue weighted by molar-refractivity contribution is 6.17. The fourth-order valence-corrected chi connectivity index (χ4v) is 1.23. The zero-order valence-corrected chi connectivity index (χ0v) is 8.37. The van der Waals surface area contributed by atoms with Gasteiger partial charge in [0.05, 0.1) is 11.4 Å². The quantitative estimate of drug-likeness (QED) is 0.808. The molecule has 1 heterocycles. The normalized spacial score (nSPS) is 11.5. The van der Waals surface area contributed by atoms with Crippen molar-refractivity contribution in [3.05, 3.63) is 27.7 Å². The molecule has 1 rings (SSSR count). The molecular formula is C8H7ClF3NO2. The molecule has 84 valence electrons. The van der Waals surface area contributed by atoms with Gasteiger partial charge in [0.25, 0.3) is 5.56 Å². The largest absolute Gasteiger partial charge is 0.573 e. The lowest BCUT2D eigenvalue weighted by molar-refractivity contribution is -0.275. The Balaban J connectivity index is 3.24. The van der Waals surface area contributed by atoms with Gasteiger partial charge >= 0.3 is 6.36 Å². The minimum absolute atomic E-state index is 0.0890. The van der Waals surface area contributed by atoms with Crippen molar-refractivity contribution < 1.29 is 17.9 Å². The predicted molar refractivity (Wildman–Crippen MR) is 48.0 cm³/mol. The van der Waals surface area contributed by atoms with Gasteiger partial charge in [0.15, 0.2) is 0 Å². The molecule has 3 nitrogen and oxygen atoms in total. The van der Waals surface area contributed by atoms with Crippen molar-refractivity contribution in [2.24, 2.45) is 0 Å². The first-order valence-electron chi connectivity index (χ1n) is 3.88. The standard InChI is InChI=1S/C8H7ClF3NO2/c1-4-6(15-8(10,11)12)5(2-9)3-13-7(4)14/h3H,2H2,1H3,(H,13,14). The van der Waals surface area contributed by atoms with Crippen LogP contribution in [0.1, 0.15) is 11.1 Å². The van der Waals surface area contributed by atoms with Crippen molar-refractivity contribution in [3.8, 4) is 5.75 Å². The van der Waals surface area contributed by atoms with Gasteiger partial charge in [-0.1, -0.05) is 0 Å². The summed E-state index contributed by atoms with van der Waals surface area (Å²) in [5, 5.41) is 0. The van der Waals surface area contributed by atoms with Gasteiger partial charge in [0.1, 0.15) is 5.75 Å². The fraction of sp³-hybridized carbons (Fsp3) is 0.375. The van der Waals surface area contributed by atoms with E-state index in [1.54, 1.807) is 0 Å².